The van der Waals surface area contributed by atoms with Gasteiger partial charge in [-0.2, -0.15) is 0 Å². The minimum atomic E-state index is 1.01. The Bertz CT molecular complexity index is 379. The molecule has 0 radical (unpaired) electrons. The molecule has 0 aromatic heterocycles. The van der Waals surface area contributed by atoms with Crippen LogP contribution in [0.3, 0.4) is 0 Å². The number of hydrogen-bond acceptors (Lipinski definition) is 1. The lowest BCUT2D eigenvalue weighted by atomic mass is 10.1. The van der Waals surface area contributed by atoms with Gasteiger partial charge in [0.2, 0.25) is 0 Å². The van der Waals surface area contributed by atoms with Crippen LogP contribution in [0.5, 0.6) is 0 Å². The molecule has 0 bridgehead atoms. The summed E-state index contributed by atoms with van der Waals surface area (Å²) >= 11 is 0. The normalized spacial score (nSPS) is 15.0. The van der Waals surface area contributed by atoms with Crippen LogP contribution in [0.25, 0.3) is 0 Å². The van der Waals surface area contributed by atoms with Crippen molar-refractivity contribution in [2.75, 3.05) is 6.54 Å². The third kappa shape index (κ3) is 3.71. The Morgan fingerprint density at radius 2 is 2.00 bits per heavy atom. The molecule has 0 atom stereocenters. The van der Waals surface area contributed by atoms with Gasteiger partial charge in [-0.05, 0) is 49.8 Å². The zero-order valence-electron chi connectivity index (χ0n) is 10.8. The minimum absolute atomic E-state index is 1.01. The van der Waals surface area contributed by atoms with Gasteiger partial charge in [0.05, 0.1) is 0 Å². The molecule has 0 aliphatic heterocycles. The van der Waals surface area contributed by atoms with Crippen molar-refractivity contribution in [1.82, 2.24) is 5.32 Å². The number of benzene rings is 1. The summed E-state index contributed by atoms with van der Waals surface area (Å²) in [6, 6.07) is 8.73. The van der Waals surface area contributed by atoms with E-state index in [9.17, 15) is 0 Å². The largest absolute Gasteiger partial charge is 0.312 e. The lowest BCUT2D eigenvalue weighted by Crippen LogP contribution is -2.16. The molecule has 1 heteroatoms. The summed E-state index contributed by atoms with van der Waals surface area (Å²) in [5.74, 6) is 0. The van der Waals surface area contributed by atoms with Gasteiger partial charge >= 0.3 is 0 Å². The van der Waals surface area contributed by atoms with Gasteiger partial charge in [0.15, 0.2) is 0 Å². The maximum Gasteiger partial charge on any atom is 0.0208 e. The Labute approximate surface area is 105 Å². The second-order valence-electron chi connectivity index (χ2n) is 4.80. The fourth-order valence-electron chi connectivity index (χ4n) is 2.51. The van der Waals surface area contributed by atoms with Crippen molar-refractivity contribution in [3.8, 4) is 0 Å². The highest BCUT2D eigenvalue weighted by atomic mass is 14.8. The van der Waals surface area contributed by atoms with Crippen LogP contribution in [0.15, 0.2) is 35.9 Å². The van der Waals surface area contributed by atoms with Crippen LogP contribution < -0.4 is 5.32 Å². The fourth-order valence-corrected chi connectivity index (χ4v) is 2.51. The summed E-state index contributed by atoms with van der Waals surface area (Å²) < 4.78 is 0. The molecule has 1 aliphatic rings. The summed E-state index contributed by atoms with van der Waals surface area (Å²) in [6.45, 7) is 4.35. The first kappa shape index (κ1) is 12.4. The molecule has 0 saturated carbocycles. The van der Waals surface area contributed by atoms with Crippen molar-refractivity contribution >= 4 is 0 Å². The quantitative estimate of drug-likeness (QED) is 0.577. The Morgan fingerprint density at radius 3 is 2.71 bits per heavy atom. The predicted octanol–water partition coefficient (Wildman–Crippen LogP) is 3.84. The molecular weight excluding hydrogens is 206 g/mol. The molecule has 0 amide bonds. The van der Waals surface area contributed by atoms with Crippen LogP contribution in [0.2, 0.25) is 0 Å². The molecule has 1 nitrogen and oxygen atoms in total. The van der Waals surface area contributed by atoms with Gasteiger partial charge in [-0.1, -0.05) is 42.8 Å². The molecule has 0 fully saturated rings. The predicted molar refractivity (Wildman–Crippen MR) is 74.1 cm³/mol. The molecular formula is C16H23N. The molecule has 0 spiro atoms. The molecule has 0 heterocycles. The van der Waals surface area contributed by atoms with Gasteiger partial charge in [0, 0.05) is 6.54 Å². The number of allylic oxidation sites excluding steroid dienone is 1. The maximum atomic E-state index is 3.56. The van der Waals surface area contributed by atoms with E-state index in [0.717, 1.165) is 19.5 Å². The van der Waals surface area contributed by atoms with E-state index in [4.69, 9.17) is 0 Å². The first-order chi connectivity index (χ1) is 8.40. The Hall–Kier alpha value is -1.08. The van der Waals surface area contributed by atoms with Gasteiger partial charge in [0.1, 0.15) is 0 Å². The third-order valence-electron chi connectivity index (χ3n) is 3.57. The lowest BCUT2D eigenvalue weighted by molar-refractivity contribution is 0.672. The molecule has 1 N–H and O–H groups in total. The first-order valence-electron chi connectivity index (χ1n) is 6.85. The molecule has 1 aromatic rings. The Kier molecular flexibility index (Phi) is 4.81. The lowest BCUT2D eigenvalue weighted by Gasteiger charge is -2.09. The third-order valence-corrected chi connectivity index (χ3v) is 3.57. The van der Waals surface area contributed by atoms with Crippen molar-refractivity contribution in [2.45, 2.75) is 45.6 Å². The molecule has 0 saturated heterocycles. The second-order valence-corrected chi connectivity index (χ2v) is 4.80. The minimum Gasteiger partial charge on any atom is -0.312 e. The molecule has 1 aromatic carbocycles. The zero-order valence-corrected chi connectivity index (χ0v) is 10.8. The molecule has 2 rings (SSSR count). The van der Waals surface area contributed by atoms with E-state index in [1.807, 2.05) is 0 Å². The van der Waals surface area contributed by atoms with Crippen molar-refractivity contribution in [3.05, 3.63) is 47.0 Å². The molecule has 92 valence electrons. The maximum absolute atomic E-state index is 3.56. The molecule has 0 unspecified atom stereocenters. The number of hydrogen-bond donors (Lipinski definition) is 1. The summed E-state index contributed by atoms with van der Waals surface area (Å²) in [5, 5.41) is 3.56. The highest BCUT2D eigenvalue weighted by Crippen LogP contribution is 2.19. The van der Waals surface area contributed by atoms with Crippen LogP contribution in [0, 0.1) is 0 Å². The van der Waals surface area contributed by atoms with Gasteiger partial charge in [0.25, 0.3) is 0 Å². The van der Waals surface area contributed by atoms with Crippen LogP contribution in [-0.4, -0.2) is 6.54 Å². The summed E-state index contributed by atoms with van der Waals surface area (Å²) in [6.07, 6.45) is 8.77. The van der Waals surface area contributed by atoms with Crippen molar-refractivity contribution in [1.29, 1.82) is 0 Å². The SMILES string of the molecule is CCc1ccccc1CNCCC1=CCCC1. The molecule has 1 aliphatic carbocycles. The standard InChI is InChI=1S/C16H23N/c1-2-15-9-5-6-10-16(15)13-17-12-11-14-7-3-4-8-14/h5-7,9-10,17H,2-4,8,11-13H2,1H3. The zero-order chi connectivity index (χ0) is 11.9. The van der Waals surface area contributed by atoms with Crippen LogP contribution in [-0.2, 0) is 13.0 Å². The van der Waals surface area contributed by atoms with Crippen molar-refractivity contribution in [2.24, 2.45) is 0 Å². The highest BCUT2D eigenvalue weighted by Gasteiger charge is 2.04. The number of aryl methyl sites for hydroxylation is 1. The van der Waals surface area contributed by atoms with Gasteiger partial charge in [-0.3, -0.25) is 0 Å². The summed E-state index contributed by atoms with van der Waals surface area (Å²) in [5.41, 5.74) is 4.58. The topological polar surface area (TPSA) is 12.0 Å². The fraction of sp³-hybridized carbons (Fsp3) is 0.500. The second kappa shape index (κ2) is 6.61. The van der Waals surface area contributed by atoms with E-state index in [1.165, 1.54) is 36.8 Å². The Balaban J connectivity index is 1.74. The summed E-state index contributed by atoms with van der Waals surface area (Å²) in [4.78, 5) is 0. The highest BCUT2D eigenvalue weighted by molar-refractivity contribution is 5.26. The first-order valence-corrected chi connectivity index (χ1v) is 6.85. The van der Waals surface area contributed by atoms with E-state index in [1.54, 1.807) is 5.57 Å². The van der Waals surface area contributed by atoms with Crippen LogP contribution >= 0.6 is 0 Å². The van der Waals surface area contributed by atoms with E-state index in [0.29, 0.717) is 0 Å². The van der Waals surface area contributed by atoms with Gasteiger partial charge in [-0.15, -0.1) is 0 Å². The van der Waals surface area contributed by atoms with Gasteiger partial charge < -0.3 is 5.32 Å². The summed E-state index contributed by atoms with van der Waals surface area (Å²) in [7, 11) is 0. The van der Waals surface area contributed by atoms with Crippen LogP contribution in [0.4, 0.5) is 0 Å². The van der Waals surface area contributed by atoms with E-state index in [-0.39, 0.29) is 0 Å². The Morgan fingerprint density at radius 1 is 1.18 bits per heavy atom. The van der Waals surface area contributed by atoms with Crippen LogP contribution in [0.1, 0.15) is 43.7 Å². The van der Waals surface area contributed by atoms with E-state index >= 15 is 0 Å². The van der Waals surface area contributed by atoms with Gasteiger partial charge in [-0.25, -0.2) is 0 Å². The average molecular weight is 229 g/mol. The number of nitrogens with one attached hydrogen (secondary N) is 1. The van der Waals surface area contributed by atoms with Crippen molar-refractivity contribution < 1.29 is 0 Å². The monoisotopic (exact) mass is 229 g/mol. The number of rotatable bonds is 6. The van der Waals surface area contributed by atoms with E-state index in [2.05, 4.69) is 42.6 Å². The smallest absolute Gasteiger partial charge is 0.0208 e. The van der Waals surface area contributed by atoms with E-state index < -0.39 is 0 Å². The van der Waals surface area contributed by atoms with Crippen molar-refractivity contribution in [3.63, 3.8) is 0 Å². The molecule has 17 heavy (non-hydrogen) atoms. The average Bonchev–Trinajstić information content (AvgIpc) is 2.88.